The minimum absolute atomic E-state index is 0.0839. The SMILES string of the molecule is O=S1(=O)CNCCN1CC1CCOC1. The Hall–Kier alpha value is -0.170. The van der Waals surface area contributed by atoms with Crippen LogP contribution in [0.3, 0.4) is 0 Å². The third kappa shape index (κ3) is 2.25. The number of hydrogen-bond acceptors (Lipinski definition) is 4. The van der Waals surface area contributed by atoms with Crippen LogP contribution in [-0.4, -0.2) is 51.4 Å². The molecule has 2 aliphatic heterocycles. The highest BCUT2D eigenvalue weighted by atomic mass is 32.2. The maximum absolute atomic E-state index is 11.6. The van der Waals surface area contributed by atoms with E-state index in [0.29, 0.717) is 25.6 Å². The number of rotatable bonds is 2. The molecule has 82 valence electrons. The van der Waals surface area contributed by atoms with E-state index in [1.165, 1.54) is 0 Å². The first-order valence-electron chi connectivity index (χ1n) is 4.95. The molecule has 1 N–H and O–H groups in total. The van der Waals surface area contributed by atoms with Gasteiger partial charge in [-0.15, -0.1) is 0 Å². The molecule has 1 unspecified atom stereocenters. The van der Waals surface area contributed by atoms with Gasteiger partial charge in [0.1, 0.15) is 5.88 Å². The molecule has 14 heavy (non-hydrogen) atoms. The Morgan fingerprint density at radius 3 is 3.00 bits per heavy atom. The van der Waals surface area contributed by atoms with Crippen LogP contribution >= 0.6 is 0 Å². The van der Waals surface area contributed by atoms with Crippen molar-refractivity contribution in [2.24, 2.45) is 5.92 Å². The summed E-state index contributed by atoms with van der Waals surface area (Å²) in [5.74, 6) is 0.475. The van der Waals surface area contributed by atoms with Gasteiger partial charge >= 0.3 is 0 Å². The molecule has 2 fully saturated rings. The van der Waals surface area contributed by atoms with Crippen molar-refractivity contribution in [1.82, 2.24) is 9.62 Å². The van der Waals surface area contributed by atoms with Gasteiger partial charge in [0.25, 0.3) is 0 Å². The fourth-order valence-electron chi connectivity index (χ4n) is 1.86. The Balaban J connectivity index is 1.94. The zero-order valence-electron chi connectivity index (χ0n) is 8.11. The van der Waals surface area contributed by atoms with E-state index in [9.17, 15) is 8.42 Å². The number of hydrogen-bond donors (Lipinski definition) is 1. The second kappa shape index (κ2) is 4.14. The van der Waals surface area contributed by atoms with Crippen LogP contribution in [0.15, 0.2) is 0 Å². The molecular formula is C8H16N2O3S. The number of nitrogens with zero attached hydrogens (tertiary/aromatic N) is 1. The fourth-order valence-corrected chi connectivity index (χ4v) is 3.25. The van der Waals surface area contributed by atoms with Crippen LogP contribution < -0.4 is 5.32 Å². The van der Waals surface area contributed by atoms with Crippen molar-refractivity contribution in [3.05, 3.63) is 0 Å². The van der Waals surface area contributed by atoms with E-state index in [-0.39, 0.29) is 5.88 Å². The highest BCUT2D eigenvalue weighted by molar-refractivity contribution is 7.89. The minimum Gasteiger partial charge on any atom is -0.381 e. The lowest BCUT2D eigenvalue weighted by atomic mass is 10.1. The van der Waals surface area contributed by atoms with Gasteiger partial charge in [-0.2, -0.15) is 4.31 Å². The van der Waals surface area contributed by atoms with Crippen molar-refractivity contribution in [3.63, 3.8) is 0 Å². The van der Waals surface area contributed by atoms with E-state index in [1.807, 2.05) is 0 Å². The Morgan fingerprint density at radius 1 is 1.50 bits per heavy atom. The van der Waals surface area contributed by atoms with Gasteiger partial charge in [0.05, 0.1) is 6.61 Å². The standard InChI is InChI=1S/C8H16N2O3S/c11-14(12)7-9-2-3-10(14)5-8-1-4-13-6-8/h8-9H,1-7H2. The van der Waals surface area contributed by atoms with Crippen molar-refractivity contribution in [1.29, 1.82) is 0 Å². The minimum atomic E-state index is -3.04. The van der Waals surface area contributed by atoms with Gasteiger partial charge in [-0.3, -0.25) is 0 Å². The first-order chi connectivity index (χ1) is 6.68. The lowest BCUT2D eigenvalue weighted by Crippen LogP contribution is -2.49. The molecule has 0 aromatic rings. The van der Waals surface area contributed by atoms with Gasteiger partial charge in [-0.1, -0.05) is 0 Å². The topological polar surface area (TPSA) is 58.6 Å². The van der Waals surface area contributed by atoms with Crippen molar-refractivity contribution < 1.29 is 13.2 Å². The van der Waals surface area contributed by atoms with E-state index in [1.54, 1.807) is 4.31 Å². The molecular weight excluding hydrogens is 204 g/mol. The fraction of sp³-hybridized carbons (Fsp3) is 1.00. The average molecular weight is 220 g/mol. The van der Waals surface area contributed by atoms with E-state index in [4.69, 9.17) is 4.74 Å². The Labute approximate surface area is 84.5 Å². The van der Waals surface area contributed by atoms with Gasteiger partial charge in [-0.05, 0) is 12.3 Å². The molecule has 0 aromatic carbocycles. The first kappa shape index (κ1) is 10.4. The molecule has 0 amide bonds. The van der Waals surface area contributed by atoms with E-state index < -0.39 is 10.0 Å². The van der Waals surface area contributed by atoms with Crippen molar-refractivity contribution in [2.75, 3.05) is 38.7 Å². The molecule has 0 aromatic heterocycles. The molecule has 2 saturated heterocycles. The molecule has 0 saturated carbocycles. The van der Waals surface area contributed by atoms with Crippen LogP contribution in [-0.2, 0) is 14.8 Å². The Bertz CT molecular complexity index is 285. The van der Waals surface area contributed by atoms with E-state index >= 15 is 0 Å². The summed E-state index contributed by atoms with van der Waals surface area (Å²) >= 11 is 0. The van der Waals surface area contributed by atoms with Crippen molar-refractivity contribution >= 4 is 10.0 Å². The van der Waals surface area contributed by atoms with Crippen LogP contribution in [0.1, 0.15) is 6.42 Å². The second-order valence-electron chi connectivity index (χ2n) is 3.84. The molecule has 6 heteroatoms. The summed E-state index contributed by atoms with van der Waals surface area (Å²) in [5, 5.41) is 2.87. The molecule has 2 heterocycles. The largest absolute Gasteiger partial charge is 0.381 e. The lowest BCUT2D eigenvalue weighted by Gasteiger charge is -2.28. The smallest absolute Gasteiger partial charge is 0.227 e. The molecule has 5 nitrogen and oxygen atoms in total. The highest BCUT2D eigenvalue weighted by Crippen LogP contribution is 2.16. The van der Waals surface area contributed by atoms with Gasteiger partial charge in [0, 0.05) is 26.2 Å². The average Bonchev–Trinajstić information content (AvgIpc) is 2.61. The number of nitrogens with one attached hydrogen (secondary N) is 1. The Kier molecular flexibility index (Phi) is 3.06. The number of sulfonamides is 1. The third-order valence-corrected chi connectivity index (χ3v) is 4.39. The van der Waals surface area contributed by atoms with Crippen LogP contribution in [0.5, 0.6) is 0 Å². The van der Waals surface area contributed by atoms with Crippen LogP contribution in [0, 0.1) is 5.92 Å². The van der Waals surface area contributed by atoms with Gasteiger partial charge in [0.15, 0.2) is 0 Å². The maximum Gasteiger partial charge on any atom is 0.227 e. The summed E-state index contributed by atoms with van der Waals surface area (Å²) in [5.41, 5.74) is 0. The van der Waals surface area contributed by atoms with E-state index in [0.717, 1.165) is 19.6 Å². The molecule has 0 spiro atoms. The zero-order chi connectivity index (χ0) is 10.0. The quantitative estimate of drug-likeness (QED) is 0.663. The van der Waals surface area contributed by atoms with Crippen LogP contribution in [0.2, 0.25) is 0 Å². The molecule has 2 rings (SSSR count). The van der Waals surface area contributed by atoms with Crippen molar-refractivity contribution in [3.8, 4) is 0 Å². The first-order valence-corrected chi connectivity index (χ1v) is 6.56. The lowest BCUT2D eigenvalue weighted by molar-refractivity contribution is 0.180. The predicted octanol–water partition coefficient (Wildman–Crippen LogP) is -0.785. The van der Waals surface area contributed by atoms with Gasteiger partial charge in [0.2, 0.25) is 10.0 Å². The summed E-state index contributed by atoms with van der Waals surface area (Å²) in [6.07, 6.45) is 0.986. The van der Waals surface area contributed by atoms with E-state index in [2.05, 4.69) is 5.32 Å². The van der Waals surface area contributed by atoms with Gasteiger partial charge in [-0.25, -0.2) is 8.42 Å². The Morgan fingerprint density at radius 2 is 2.36 bits per heavy atom. The van der Waals surface area contributed by atoms with Crippen LogP contribution in [0.25, 0.3) is 0 Å². The molecule has 0 radical (unpaired) electrons. The highest BCUT2D eigenvalue weighted by Gasteiger charge is 2.29. The second-order valence-corrected chi connectivity index (χ2v) is 5.81. The summed E-state index contributed by atoms with van der Waals surface area (Å²) in [7, 11) is -3.04. The monoisotopic (exact) mass is 220 g/mol. The summed E-state index contributed by atoms with van der Waals surface area (Å²) in [4.78, 5) is 0. The summed E-state index contributed by atoms with van der Waals surface area (Å²) < 4.78 is 30.0. The summed E-state index contributed by atoms with van der Waals surface area (Å²) in [6.45, 7) is 3.46. The molecule has 0 aliphatic carbocycles. The maximum atomic E-state index is 11.6. The zero-order valence-corrected chi connectivity index (χ0v) is 8.92. The molecule has 2 aliphatic rings. The summed E-state index contributed by atoms with van der Waals surface area (Å²) in [6, 6.07) is 0. The molecule has 1 atom stereocenters. The van der Waals surface area contributed by atoms with Crippen molar-refractivity contribution in [2.45, 2.75) is 6.42 Å². The normalized spacial score (nSPS) is 33.3. The van der Waals surface area contributed by atoms with Crippen LogP contribution in [0.4, 0.5) is 0 Å². The number of ether oxygens (including phenoxy) is 1. The van der Waals surface area contributed by atoms with Gasteiger partial charge < -0.3 is 10.1 Å². The third-order valence-electron chi connectivity index (χ3n) is 2.70. The molecule has 0 bridgehead atoms. The predicted molar refractivity (Wildman–Crippen MR) is 52.3 cm³/mol.